The van der Waals surface area contributed by atoms with Crippen molar-refractivity contribution >= 4 is 50.9 Å². The molecule has 3 N–H and O–H groups in total. The summed E-state index contributed by atoms with van der Waals surface area (Å²) in [5.74, 6) is -0.0991. The fourth-order valence-corrected chi connectivity index (χ4v) is 5.70. The van der Waals surface area contributed by atoms with E-state index < -0.39 is 6.04 Å². The molecule has 3 amide bonds. The minimum atomic E-state index is -0.734. The lowest BCUT2D eigenvalue weighted by Crippen LogP contribution is -2.55. The molecule has 1 aromatic heterocycles. The second-order valence-electron chi connectivity index (χ2n) is 9.62. The van der Waals surface area contributed by atoms with Gasteiger partial charge in [0.15, 0.2) is 0 Å². The van der Waals surface area contributed by atoms with Gasteiger partial charge in [0.25, 0.3) is 0 Å². The van der Waals surface area contributed by atoms with Crippen molar-refractivity contribution in [2.24, 2.45) is 5.92 Å². The molecule has 0 aliphatic heterocycles. The van der Waals surface area contributed by atoms with Crippen LogP contribution in [0.5, 0.6) is 0 Å². The number of carbonyl (C=O) groups is 3. The summed E-state index contributed by atoms with van der Waals surface area (Å²) < 4.78 is 1.08. The van der Waals surface area contributed by atoms with Gasteiger partial charge in [0.1, 0.15) is 11.9 Å². The molecular weight excluding hydrogens is 484 g/mol. The van der Waals surface area contributed by atoms with Crippen LogP contribution in [0, 0.1) is 5.92 Å². The Hall–Kier alpha value is -2.19. The number of thiazole rings is 1. The molecule has 1 heterocycles. The molecule has 0 saturated heterocycles. The van der Waals surface area contributed by atoms with E-state index in [4.69, 9.17) is 16.6 Å². The third-order valence-electron chi connectivity index (χ3n) is 6.66. The number of alkyl halides is 1. The minimum Gasteiger partial charge on any atom is -0.353 e. The van der Waals surface area contributed by atoms with E-state index in [1.165, 1.54) is 12.0 Å². The second kappa shape index (κ2) is 13.2. The smallest absolute Gasteiger partial charge is 0.243 e. The summed E-state index contributed by atoms with van der Waals surface area (Å²) >= 11 is 7.21. The van der Waals surface area contributed by atoms with Crippen LogP contribution in [-0.2, 0) is 20.8 Å². The van der Waals surface area contributed by atoms with E-state index >= 15 is 0 Å². The van der Waals surface area contributed by atoms with E-state index in [1.807, 2.05) is 6.07 Å². The zero-order chi connectivity index (χ0) is 25.4. The average Bonchev–Trinajstić information content (AvgIpc) is 3.27. The fourth-order valence-electron chi connectivity index (χ4n) is 4.54. The number of nitrogens with zero attached hydrogens (tertiary/aromatic N) is 1. The molecule has 1 aliphatic carbocycles. The van der Waals surface area contributed by atoms with Gasteiger partial charge >= 0.3 is 0 Å². The summed E-state index contributed by atoms with van der Waals surface area (Å²) in [5.41, 5.74) is 2.15. The van der Waals surface area contributed by atoms with E-state index in [9.17, 15) is 14.4 Å². The lowest BCUT2D eigenvalue weighted by molar-refractivity contribution is -0.129. The predicted octanol–water partition coefficient (Wildman–Crippen LogP) is 4.28. The number of nitrogens with one attached hydrogen (secondary N) is 3. The van der Waals surface area contributed by atoms with Crippen LogP contribution in [0.2, 0.25) is 0 Å². The number of hydrogen-bond donors (Lipinski definition) is 3. The van der Waals surface area contributed by atoms with Crippen molar-refractivity contribution in [1.29, 1.82) is 0 Å². The molecule has 3 rings (SSSR count). The van der Waals surface area contributed by atoms with Crippen molar-refractivity contribution in [3.8, 4) is 0 Å². The Kier molecular flexibility index (Phi) is 10.3. The summed E-state index contributed by atoms with van der Waals surface area (Å²) in [4.78, 5) is 42.2. The Morgan fingerprint density at radius 1 is 1.11 bits per heavy atom. The molecular formula is C26H37ClN4O3S. The Balaban J connectivity index is 1.77. The molecule has 2 atom stereocenters. The summed E-state index contributed by atoms with van der Waals surface area (Å²) in [5, 5.41) is 9.65. The molecule has 192 valence electrons. The highest BCUT2D eigenvalue weighted by molar-refractivity contribution is 7.18. The summed E-state index contributed by atoms with van der Waals surface area (Å²) in [6.07, 6.45) is 6.03. The molecule has 1 saturated carbocycles. The van der Waals surface area contributed by atoms with Crippen molar-refractivity contribution < 1.29 is 14.4 Å². The van der Waals surface area contributed by atoms with Crippen molar-refractivity contribution in [2.75, 3.05) is 12.4 Å². The van der Waals surface area contributed by atoms with Crippen molar-refractivity contribution in [1.82, 2.24) is 20.9 Å². The maximum Gasteiger partial charge on any atom is 0.243 e. The zero-order valence-corrected chi connectivity index (χ0v) is 22.4. The molecule has 2 aromatic rings. The molecule has 9 heteroatoms. The van der Waals surface area contributed by atoms with E-state index in [2.05, 4.69) is 41.9 Å². The lowest BCUT2D eigenvalue weighted by Gasteiger charge is -2.32. The van der Waals surface area contributed by atoms with Gasteiger partial charge in [0.05, 0.1) is 15.2 Å². The number of rotatable bonds is 11. The third kappa shape index (κ3) is 7.90. The largest absolute Gasteiger partial charge is 0.353 e. The maximum atomic E-state index is 13.4. The van der Waals surface area contributed by atoms with Crippen LogP contribution in [0.4, 0.5) is 0 Å². The van der Waals surface area contributed by atoms with Crippen LogP contribution < -0.4 is 16.0 Å². The average molecular weight is 521 g/mol. The zero-order valence-electron chi connectivity index (χ0n) is 20.9. The standard InChI is InChI=1S/C26H37ClN4O3S/c1-4-23(32)29-20(13-25-30-19-11-10-18(16(2)3)12-22(19)35-25)26(34)31-21(15-28-24(33)14-27)17-8-6-5-7-9-17/h10-12,16-17,20-21H,4-9,13-15H2,1-3H3,(H,28,33)(H,29,32)(H,31,34)/t20-,21?/m0/s1. The van der Waals surface area contributed by atoms with Crippen LogP contribution in [0.15, 0.2) is 18.2 Å². The first-order valence-corrected chi connectivity index (χ1v) is 14.0. The Labute approximate surface area is 216 Å². The molecule has 1 fully saturated rings. The van der Waals surface area contributed by atoms with Crippen molar-refractivity contribution in [3.05, 3.63) is 28.8 Å². The number of carbonyl (C=O) groups excluding carboxylic acids is 3. The molecule has 0 spiro atoms. The van der Waals surface area contributed by atoms with Gasteiger partial charge in [-0.2, -0.15) is 0 Å². The Morgan fingerprint density at radius 2 is 1.86 bits per heavy atom. The van der Waals surface area contributed by atoms with Gasteiger partial charge in [0, 0.05) is 25.4 Å². The molecule has 1 aromatic carbocycles. The molecule has 0 bridgehead atoms. The lowest BCUT2D eigenvalue weighted by atomic mass is 9.83. The molecule has 7 nitrogen and oxygen atoms in total. The predicted molar refractivity (Wildman–Crippen MR) is 142 cm³/mol. The minimum absolute atomic E-state index is 0.114. The van der Waals surface area contributed by atoms with Gasteiger partial charge in [-0.15, -0.1) is 22.9 Å². The summed E-state index contributed by atoms with van der Waals surface area (Å²) in [6, 6.07) is 5.31. The molecule has 1 unspecified atom stereocenters. The van der Waals surface area contributed by atoms with E-state index in [0.29, 0.717) is 25.3 Å². The van der Waals surface area contributed by atoms with Crippen LogP contribution >= 0.6 is 22.9 Å². The second-order valence-corrected chi connectivity index (χ2v) is 11.0. The van der Waals surface area contributed by atoms with Gasteiger partial charge in [-0.25, -0.2) is 4.98 Å². The monoisotopic (exact) mass is 520 g/mol. The van der Waals surface area contributed by atoms with Gasteiger partial charge in [-0.1, -0.05) is 46.1 Å². The normalized spacial score (nSPS) is 16.1. The maximum absolute atomic E-state index is 13.4. The van der Waals surface area contributed by atoms with Crippen LogP contribution in [0.1, 0.15) is 75.8 Å². The summed E-state index contributed by atoms with van der Waals surface area (Å²) in [7, 11) is 0. The summed E-state index contributed by atoms with van der Waals surface area (Å²) in [6.45, 7) is 6.40. The Bertz CT molecular complexity index is 1020. The first-order valence-electron chi connectivity index (χ1n) is 12.6. The number of fused-ring (bicyclic) bond motifs is 1. The van der Waals surface area contributed by atoms with Crippen molar-refractivity contribution in [3.63, 3.8) is 0 Å². The van der Waals surface area contributed by atoms with Crippen molar-refractivity contribution in [2.45, 2.75) is 83.7 Å². The van der Waals surface area contributed by atoms with Crippen LogP contribution in [0.3, 0.4) is 0 Å². The van der Waals surface area contributed by atoms with E-state index in [1.54, 1.807) is 18.3 Å². The van der Waals surface area contributed by atoms with E-state index in [0.717, 1.165) is 40.9 Å². The highest BCUT2D eigenvalue weighted by Gasteiger charge is 2.29. The number of hydrogen-bond acceptors (Lipinski definition) is 5. The van der Waals surface area contributed by atoms with E-state index in [-0.39, 0.29) is 35.6 Å². The molecule has 1 aliphatic rings. The SMILES string of the molecule is CCC(=O)N[C@@H](Cc1nc2ccc(C(C)C)cc2s1)C(=O)NC(CNC(=O)CCl)C1CCCCC1. The molecule has 35 heavy (non-hydrogen) atoms. The Morgan fingerprint density at radius 3 is 2.51 bits per heavy atom. The number of benzene rings is 1. The number of aromatic nitrogens is 1. The van der Waals surface area contributed by atoms with Crippen LogP contribution in [0.25, 0.3) is 10.2 Å². The van der Waals surface area contributed by atoms with Gasteiger partial charge < -0.3 is 16.0 Å². The first kappa shape index (κ1) is 27.4. The first-order chi connectivity index (χ1) is 16.8. The fraction of sp³-hybridized carbons (Fsp3) is 0.615. The van der Waals surface area contributed by atoms with Gasteiger partial charge in [-0.3, -0.25) is 14.4 Å². The van der Waals surface area contributed by atoms with Gasteiger partial charge in [-0.05, 0) is 42.4 Å². The number of amides is 3. The van der Waals surface area contributed by atoms with Gasteiger partial charge in [0.2, 0.25) is 17.7 Å². The highest BCUT2D eigenvalue weighted by Crippen LogP contribution is 2.28. The number of halogens is 1. The third-order valence-corrected chi connectivity index (χ3v) is 7.95. The van der Waals surface area contributed by atoms with Crippen LogP contribution in [-0.4, -0.2) is 47.2 Å². The quantitative estimate of drug-likeness (QED) is 0.385. The molecule has 0 radical (unpaired) electrons. The topological polar surface area (TPSA) is 100 Å². The highest BCUT2D eigenvalue weighted by atomic mass is 35.5.